The van der Waals surface area contributed by atoms with Crippen LogP contribution in [0.25, 0.3) is 12.2 Å². The molecule has 0 unspecified atom stereocenters. The van der Waals surface area contributed by atoms with Crippen molar-refractivity contribution in [3.05, 3.63) is 57.5 Å². The Kier molecular flexibility index (Phi) is 7.56. The molecule has 0 saturated heterocycles. The third-order valence-electron chi connectivity index (χ3n) is 5.51. The molecule has 3 rings (SSSR count). The van der Waals surface area contributed by atoms with Crippen LogP contribution in [0.5, 0.6) is 0 Å². The summed E-state index contributed by atoms with van der Waals surface area (Å²) in [5.41, 5.74) is 3.98. The van der Waals surface area contributed by atoms with Crippen LogP contribution >= 0.6 is 0 Å². The number of aromatic nitrogens is 2. The second-order valence-electron chi connectivity index (χ2n) is 7.90. The summed E-state index contributed by atoms with van der Waals surface area (Å²) in [6.07, 6.45) is 14.2. The van der Waals surface area contributed by atoms with Gasteiger partial charge in [0.05, 0.1) is 5.35 Å². The quantitative estimate of drug-likeness (QED) is 0.709. The van der Waals surface area contributed by atoms with E-state index in [1.165, 1.54) is 10.8 Å². The lowest BCUT2D eigenvalue weighted by atomic mass is 10.00. The van der Waals surface area contributed by atoms with Gasteiger partial charge in [0, 0.05) is 17.9 Å². The van der Waals surface area contributed by atoms with Crippen molar-refractivity contribution in [1.82, 2.24) is 15.3 Å². The number of amides is 1. The largest absolute Gasteiger partial charge is 0.348 e. The normalized spacial score (nSPS) is 13.8. The molecule has 1 N–H and O–H groups in total. The minimum absolute atomic E-state index is 0.0651. The molecule has 2 heterocycles. The summed E-state index contributed by atoms with van der Waals surface area (Å²) < 4.78 is 0. The Morgan fingerprint density at radius 3 is 2.66 bits per heavy atom. The molecule has 2 aromatic rings. The highest BCUT2D eigenvalue weighted by molar-refractivity contribution is 5.92. The van der Waals surface area contributed by atoms with Crippen LogP contribution in [-0.4, -0.2) is 21.9 Å². The number of fused-ring (bicyclic) bond motifs is 1. The lowest BCUT2D eigenvalue weighted by Crippen LogP contribution is -2.39. The van der Waals surface area contributed by atoms with E-state index in [1.807, 2.05) is 12.3 Å². The Bertz CT molecular complexity index is 947. The fourth-order valence-corrected chi connectivity index (χ4v) is 3.90. The summed E-state index contributed by atoms with van der Waals surface area (Å²) in [4.78, 5) is 22.2. The molecule has 4 heteroatoms. The molecule has 154 valence electrons. The molecule has 0 fully saturated rings. The molecule has 1 amide bonds. The van der Waals surface area contributed by atoms with E-state index in [9.17, 15) is 4.79 Å². The maximum atomic E-state index is 12.9. The third-order valence-corrected chi connectivity index (χ3v) is 5.51. The third kappa shape index (κ3) is 5.53. The van der Waals surface area contributed by atoms with Crippen LogP contribution < -0.4 is 15.9 Å². The van der Waals surface area contributed by atoms with Gasteiger partial charge in [-0.1, -0.05) is 51.8 Å². The van der Waals surface area contributed by atoms with Crippen molar-refractivity contribution < 1.29 is 4.79 Å². The van der Waals surface area contributed by atoms with E-state index in [0.717, 1.165) is 68.0 Å². The predicted octanol–water partition coefficient (Wildman–Crippen LogP) is 3.68. The first kappa shape index (κ1) is 21.2. The van der Waals surface area contributed by atoms with Gasteiger partial charge < -0.3 is 5.32 Å². The van der Waals surface area contributed by atoms with Crippen LogP contribution in [-0.2, 0) is 12.8 Å². The number of aryl methyl sites for hydroxylation is 1. The van der Waals surface area contributed by atoms with Gasteiger partial charge >= 0.3 is 0 Å². The Morgan fingerprint density at radius 1 is 1.14 bits per heavy atom. The zero-order chi connectivity index (χ0) is 20.6. The van der Waals surface area contributed by atoms with Crippen LogP contribution in [0.3, 0.4) is 0 Å². The second kappa shape index (κ2) is 10.3. The molecule has 0 aliphatic heterocycles. The molecule has 1 aliphatic carbocycles. The molecule has 0 bridgehead atoms. The highest BCUT2D eigenvalue weighted by Gasteiger charge is 2.15. The van der Waals surface area contributed by atoms with Gasteiger partial charge in [0.2, 0.25) is 0 Å². The molecule has 0 aromatic carbocycles. The van der Waals surface area contributed by atoms with Gasteiger partial charge in [-0.05, 0) is 67.0 Å². The van der Waals surface area contributed by atoms with Gasteiger partial charge in [-0.2, -0.15) is 0 Å². The van der Waals surface area contributed by atoms with Crippen molar-refractivity contribution in [1.29, 1.82) is 0 Å². The molecule has 0 spiro atoms. The molecule has 1 aliphatic rings. The van der Waals surface area contributed by atoms with E-state index < -0.39 is 0 Å². The standard InChI is InChI=1S/C25H33N3O/c1-4-9-20(6-3)27-25(29)24-16-19(22-11-7-8-12-23(22)28-24)15-18-13-14-21(10-5-2)26-17-18/h11-14,16-17,20H,4-10,15H2,1-3H3,(H,27,29)/t20-/m1/s1. The Hall–Kier alpha value is -2.49. The number of hydrogen-bond acceptors (Lipinski definition) is 3. The number of carbonyl (C=O) groups is 1. The highest BCUT2D eigenvalue weighted by Crippen LogP contribution is 2.10. The van der Waals surface area contributed by atoms with Crippen molar-refractivity contribution in [2.75, 3.05) is 0 Å². The molecular weight excluding hydrogens is 358 g/mol. The molecule has 29 heavy (non-hydrogen) atoms. The summed E-state index contributed by atoms with van der Waals surface area (Å²) in [6, 6.07) is 6.46. The molecule has 1 atom stereocenters. The van der Waals surface area contributed by atoms with Crippen molar-refractivity contribution in [2.45, 2.75) is 78.2 Å². The predicted molar refractivity (Wildman–Crippen MR) is 119 cm³/mol. The zero-order valence-corrected chi connectivity index (χ0v) is 18.0. The maximum Gasteiger partial charge on any atom is 0.270 e. The summed E-state index contributed by atoms with van der Waals surface area (Å²) in [5, 5.41) is 5.28. The monoisotopic (exact) mass is 391 g/mol. The number of rotatable bonds is 9. The Labute approximate surface area is 174 Å². The van der Waals surface area contributed by atoms with E-state index in [1.54, 1.807) is 0 Å². The van der Waals surface area contributed by atoms with E-state index in [4.69, 9.17) is 0 Å². The molecule has 2 aromatic heterocycles. The maximum absolute atomic E-state index is 12.9. The first-order valence-electron chi connectivity index (χ1n) is 11.1. The van der Waals surface area contributed by atoms with Gasteiger partial charge in [-0.15, -0.1) is 0 Å². The van der Waals surface area contributed by atoms with Gasteiger partial charge in [-0.25, -0.2) is 4.98 Å². The fourth-order valence-electron chi connectivity index (χ4n) is 3.90. The summed E-state index contributed by atoms with van der Waals surface area (Å²) in [5.74, 6) is -0.0651. The van der Waals surface area contributed by atoms with Crippen molar-refractivity contribution >= 4 is 18.1 Å². The number of nitrogens with one attached hydrogen (secondary N) is 1. The van der Waals surface area contributed by atoms with Crippen LogP contribution in [0.2, 0.25) is 0 Å². The fraction of sp³-hybridized carbons (Fsp3) is 0.480. The topological polar surface area (TPSA) is 54.9 Å². The summed E-state index contributed by atoms with van der Waals surface area (Å²) >= 11 is 0. The van der Waals surface area contributed by atoms with Crippen LogP contribution in [0.1, 0.15) is 86.6 Å². The van der Waals surface area contributed by atoms with Crippen molar-refractivity contribution in [2.24, 2.45) is 0 Å². The average Bonchev–Trinajstić information content (AvgIpc) is 2.74. The Morgan fingerprint density at radius 2 is 1.97 bits per heavy atom. The lowest BCUT2D eigenvalue weighted by Gasteiger charge is -2.16. The van der Waals surface area contributed by atoms with E-state index >= 15 is 0 Å². The number of pyridine rings is 2. The number of carbonyl (C=O) groups excluding carboxylic acids is 1. The second-order valence-corrected chi connectivity index (χ2v) is 7.90. The van der Waals surface area contributed by atoms with Crippen LogP contribution in [0.15, 0.2) is 24.4 Å². The molecule has 0 saturated carbocycles. The van der Waals surface area contributed by atoms with Crippen LogP contribution in [0.4, 0.5) is 0 Å². The van der Waals surface area contributed by atoms with Gasteiger partial charge in [0.1, 0.15) is 5.69 Å². The van der Waals surface area contributed by atoms with Crippen molar-refractivity contribution in [3.63, 3.8) is 0 Å². The van der Waals surface area contributed by atoms with E-state index in [2.05, 4.69) is 60.3 Å². The lowest BCUT2D eigenvalue weighted by molar-refractivity contribution is 0.0928. The number of nitrogens with zero attached hydrogens (tertiary/aromatic N) is 2. The summed E-state index contributed by atoms with van der Waals surface area (Å²) in [7, 11) is 0. The van der Waals surface area contributed by atoms with Crippen LogP contribution in [0, 0.1) is 0 Å². The van der Waals surface area contributed by atoms with Gasteiger partial charge in [-0.3, -0.25) is 9.78 Å². The van der Waals surface area contributed by atoms with E-state index in [0.29, 0.717) is 5.69 Å². The van der Waals surface area contributed by atoms with Gasteiger partial charge in [0.25, 0.3) is 5.91 Å². The first-order valence-corrected chi connectivity index (χ1v) is 11.1. The minimum Gasteiger partial charge on any atom is -0.348 e. The van der Waals surface area contributed by atoms with Crippen molar-refractivity contribution in [3.8, 4) is 0 Å². The molecule has 4 nitrogen and oxygen atoms in total. The smallest absolute Gasteiger partial charge is 0.270 e. The average molecular weight is 392 g/mol. The summed E-state index contributed by atoms with van der Waals surface area (Å²) in [6.45, 7) is 6.43. The Balaban J connectivity index is 1.90. The number of hydrogen-bond donors (Lipinski definition) is 1. The first-order chi connectivity index (χ1) is 14.1. The van der Waals surface area contributed by atoms with Gasteiger partial charge in [0.15, 0.2) is 0 Å². The SMILES string of the molecule is CCCc1ccc(Cc2cc(C(=O)N[C@H](CC)CCC)nc3c2=CCCC=3)cn1. The molecular formula is C25H33N3O. The minimum atomic E-state index is -0.0651. The molecule has 0 radical (unpaired) electrons. The van der Waals surface area contributed by atoms with E-state index in [-0.39, 0.29) is 11.9 Å². The highest BCUT2D eigenvalue weighted by atomic mass is 16.1. The zero-order valence-electron chi connectivity index (χ0n) is 18.0.